The monoisotopic (exact) mass is 348 g/mol. The van der Waals surface area contributed by atoms with Crippen molar-refractivity contribution in [2.45, 2.75) is 26.9 Å². The molecule has 0 radical (unpaired) electrons. The van der Waals surface area contributed by atoms with Crippen LogP contribution in [0.2, 0.25) is 0 Å². The molecule has 1 N–H and O–H groups in total. The molecule has 2 aromatic carbocycles. The van der Waals surface area contributed by atoms with Crippen LogP contribution in [-0.2, 0) is 9.53 Å². The summed E-state index contributed by atoms with van der Waals surface area (Å²) in [6.07, 6.45) is 3.12. The van der Waals surface area contributed by atoms with Crippen molar-refractivity contribution >= 4 is 38.5 Å². The molecule has 0 fully saturated rings. The van der Waals surface area contributed by atoms with E-state index < -0.39 is 12.1 Å². The largest absolute Gasteiger partial charge is 0.425 e. The van der Waals surface area contributed by atoms with Crippen molar-refractivity contribution in [2.24, 2.45) is 0 Å². The van der Waals surface area contributed by atoms with E-state index in [9.17, 15) is 4.79 Å². The molecule has 0 aliphatic heterocycles. The average Bonchev–Trinajstić information content (AvgIpc) is 3.04. The molecule has 26 heavy (non-hydrogen) atoms. The second-order valence-electron chi connectivity index (χ2n) is 6.55. The summed E-state index contributed by atoms with van der Waals surface area (Å²) in [4.78, 5) is 19.8. The quantitative estimate of drug-likeness (QED) is 0.439. The van der Waals surface area contributed by atoms with Gasteiger partial charge in [-0.05, 0) is 61.5 Å². The number of H-pyrrole nitrogens is 1. The first-order valence-corrected chi connectivity index (χ1v) is 8.54. The lowest BCUT2D eigenvalue weighted by atomic mass is 9.97. The third-order valence-corrected chi connectivity index (χ3v) is 5.05. The zero-order valence-electron chi connectivity index (χ0n) is 15.2. The molecule has 4 aromatic rings. The van der Waals surface area contributed by atoms with E-state index in [0.717, 1.165) is 32.8 Å². The van der Waals surface area contributed by atoms with Crippen molar-refractivity contribution in [1.29, 1.82) is 0 Å². The fourth-order valence-electron chi connectivity index (χ4n) is 3.49. The highest BCUT2D eigenvalue weighted by Crippen LogP contribution is 2.37. The molecule has 4 rings (SSSR count). The fourth-order valence-corrected chi connectivity index (χ4v) is 3.49. The van der Waals surface area contributed by atoms with Crippen LogP contribution >= 0.6 is 0 Å². The molecule has 132 valence electrons. The maximum atomic E-state index is 12.0. The van der Waals surface area contributed by atoms with Gasteiger partial charge in [0.2, 0.25) is 0 Å². The molecular formula is C21H20N2O3. The lowest BCUT2D eigenvalue weighted by Gasteiger charge is -2.10. The number of ether oxygens (including phenoxy) is 2. The van der Waals surface area contributed by atoms with E-state index in [4.69, 9.17) is 9.47 Å². The predicted octanol–water partition coefficient (Wildman–Crippen LogP) is 4.43. The van der Waals surface area contributed by atoms with Gasteiger partial charge in [-0.2, -0.15) is 0 Å². The molecule has 1 atom stereocenters. The summed E-state index contributed by atoms with van der Waals surface area (Å²) < 4.78 is 10.5. The molecule has 5 heteroatoms. The Bertz CT molecular complexity index is 1160. The summed E-state index contributed by atoms with van der Waals surface area (Å²) in [5.41, 5.74) is 4.46. The first-order valence-electron chi connectivity index (χ1n) is 8.54. The number of aryl methyl sites for hydroxylation is 2. The Hall–Kier alpha value is -2.92. The maximum Gasteiger partial charge on any atom is 0.340 e. The first kappa shape index (κ1) is 16.5. The number of hydrogen-bond donors (Lipinski definition) is 1. The van der Waals surface area contributed by atoms with Gasteiger partial charge in [-0.3, -0.25) is 4.98 Å². The maximum absolute atomic E-state index is 12.0. The number of hydrogen-bond acceptors (Lipinski definition) is 4. The van der Waals surface area contributed by atoms with E-state index >= 15 is 0 Å². The van der Waals surface area contributed by atoms with Crippen molar-refractivity contribution in [3.63, 3.8) is 0 Å². The third kappa shape index (κ3) is 2.44. The SMILES string of the molecule is COC(C)C(=O)Oc1ccc2[nH]c3c(C)c4ccncc4c(C)c3c2c1. The zero-order chi connectivity index (χ0) is 18.4. The normalized spacial score (nSPS) is 12.8. The second kappa shape index (κ2) is 6.11. The van der Waals surface area contributed by atoms with Crippen LogP contribution in [0.4, 0.5) is 0 Å². The van der Waals surface area contributed by atoms with Crippen molar-refractivity contribution in [3.05, 3.63) is 47.8 Å². The lowest BCUT2D eigenvalue weighted by molar-refractivity contribution is -0.144. The van der Waals surface area contributed by atoms with Gasteiger partial charge in [-0.25, -0.2) is 4.79 Å². The van der Waals surface area contributed by atoms with Crippen molar-refractivity contribution in [2.75, 3.05) is 7.11 Å². The van der Waals surface area contributed by atoms with E-state index in [-0.39, 0.29) is 0 Å². The predicted molar refractivity (Wildman–Crippen MR) is 103 cm³/mol. The van der Waals surface area contributed by atoms with E-state index in [1.807, 2.05) is 30.6 Å². The molecule has 0 saturated carbocycles. The van der Waals surface area contributed by atoms with Gasteiger partial charge in [0, 0.05) is 41.2 Å². The average molecular weight is 348 g/mol. The minimum Gasteiger partial charge on any atom is -0.425 e. The Morgan fingerprint density at radius 1 is 1.12 bits per heavy atom. The lowest BCUT2D eigenvalue weighted by Crippen LogP contribution is -2.24. The summed E-state index contributed by atoms with van der Waals surface area (Å²) in [6.45, 7) is 5.88. The molecule has 0 bridgehead atoms. The van der Waals surface area contributed by atoms with Crippen LogP contribution in [0.25, 0.3) is 32.6 Å². The number of esters is 1. The molecule has 1 unspecified atom stereocenters. The van der Waals surface area contributed by atoms with Gasteiger partial charge in [0.1, 0.15) is 5.75 Å². The zero-order valence-corrected chi connectivity index (χ0v) is 15.2. The Morgan fingerprint density at radius 2 is 1.92 bits per heavy atom. The van der Waals surface area contributed by atoms with Crippen LogP contribution in [-0.4, -0.2) is 29.2 Å². The number of methoxy groups -OCH3 is 1. The van der Waals surface area contributed by atoms with Gasteiger partial charge < -0.3 is 14.5 Å². The summed E-state index contributed by atoms with van der Waals surface area (Å²) in [5, 5.41) is 4.49. The van der Waals surface area contributed by atoms with Gasteiger partial charge in [-0.1, -0.05) is 0 Å². The number of aromatic nitrogens is 2. The molecule has 2 aromatic heterocycles. The molecule has 0 aliphatic rings. The number of carbonyl (C=O) groups is 1. The van der Waals surface area contributed by atoms with Gasteiger partial charge in [0.15, 0.2) is 6.10 Å². The molecule has 0 spiro atoms. The number of nitrogens with zero attached hydrogens (tertiary/aromatic N) is 1. The standard InChI is InChI=1S/C21H20N2O3/c1-11-17-10-22-8-7-15(17)12(2)20-19(11)16-9-14(5-6-18(16)23-20)26-21(24)13(3)25-4/h5-10,13,23H,1-4H3. The summed E-state index contributed by atoms with van der Waals surface area (Å²) >= 11 is 0. The van der Waals surface area contributed by atoms with E-state index in [1.54, 1.807) is 13.0 Å². The van der Waals surface area contributed by atoms with Crippen molar-refractivity contribution in [3.8, 4) is 5.75 Å². The van der Waals surface area contributed by atoms with Crippen molar-refractivity contribution in [1.82, 2.24) is 9.97 Å². The van der Waals surface area contributed by atoms with E-state index in [0.29, 0.717) is 5.75 Å². The van der Waals surface area contributed by atoms with Crippen LogP contribution in [0.5, 0.6) is 5.75 Å². The molecule has 5 nitrogen and oxygen atoms in total. The van der Waals surface area contributed by atoms with E-state index in [1.165, 1.54) is 18.1 Å². The highest BCUT2D eigenvalue weighted by atomic mass is 16.6. The smallest absolute Gasteiger partial charge is 0.340 e. The fraction of sp³-hybridized carbons (Fsp3) is 0.238. The minimum absolute atomic E-state index is 0.408. The number of carbonyl (C=O) groups excluding carboxylic acids is 1. The van der Waals surface area contributed by atoms with Crippen LogP contribution in [0.1, 0.15) is 18.1 Å². The Morgan fingerprint density at radius 3 is 2.69 bits per heavy atom. The Balaban J connectivity index is 1.95. The number of rotatable bonds is 3. The highest BCUT2D eigenvalue weighted by molar-refractivity contribution is 6.16. The van der Waals surface area contributed by atoms with Gasteiger partial charge in [0.25, 0.3) is 0 Å². The molecule has 2 heterocycles. The Labute approximate surface area is 150 Å². The first-order chi connectivity index (χ1) is 12.5. The van der Waals surface area contributed by atoms with E-state index in [2.05, 4.69) is 23.8 Å². The minimum atomic E-state index is -0.604. The number of fused-ring (bicyclic) bond motifs is 4. The van der Waals surface area contributed by atoms with Gasteiger partial charge in [-0.15, -0.1) is 0 Å². The van der Waals surface area contributed by atoms with Gasteiger partial charge in [0.05, 0.1) is 5.52 Å². The third-order valence-electron chi connectivity index (χ3n) is 5.05. The summed E-state index contributed by atoms with van der Waals surface area (Å²) in [6, 6.07) is 7.69. The molecule has 0 aliphatic carbocycles. The van der Waals surface area contributed by atoms with Gasteiger partial charge >= 0.3 is 5.97 Å². The molecule has 0 saturated heterocycles. The topological polar surface area (TPSA) is 64.2 Å². The van der Waals surface area contributed by atoms with Crippen LogP contribution < -0.4 is 4.74 Å². The number of nitrogens with one attached hydrogen (secondary N) is 1. The van der Waals surface area contributed by atoms with Crippen LogP contribution in [0, 0.1) is 13.8 Å². The Kier molecular flexibility index (Phi) is 3.89. The van der Waals surface area contributed by atoms with Crippen molar-refractivity contribution < 1.29 is 14.3 Å². The summed E-state index contributed by atoms with van der Waals surface area (Å²) in [5.74, 6) is 0.102. The number of benzene rings is 2. The second-order valence-corrected chi connectivity index (χ2v) is 6.55. The molecular weight excluding hydrogens is 328 g/mol. The van der Waals surface area contributed by atoms with Crippen LogP contribution in [0.3, 0.4) is 0 Å². The summed E-state index contributed by atoms with van der Waals surface area (Å²) in [7, 11) is 1.49. The van der Waals surface area contributed by atoms with Crippen LogP contribution in [0.15, 0.2) is 36.7 Å². The molecule has 0 amide bonds. The number of aromatic amines is 1. The highest BCUT2D eigenvalue weighted by Gasteiger charge is 2.17. The number of pyridine rings is 1.